The Balaban J connectivity index is 0.000000135. The van der Waals surface area contributed by atoms with E-state index in [4.69, 9.17) is 0 Å². The van der Waals surface area contributed by atoms with Gasteiger partial charge in [0.15, 0.2) is 0 Å². The molecule has 4 heterocycles. The first-order valence-electron chi connectivity index (χ1n) is 34.4. The molecule has 100 heavy (non-hydrogen) atoms. The normalized spacial score (nSPS) is 11.8. The zero-order valence-electron chi connectivity index (χ0n) is 54.6. The fourth-order valence-corrected chi connectivity index (χ4v) is 16.0. The number of fused-ring (bicyclic) bond motifs is 15. The molecule has 0 aliphatic carbocycles. The molecule has 0 saturated carbocycles. The van der Waals surface area contributed by atoms with Gasteiger partial charge in [0.2, 0.25) is 0 Å². The average molecular weight is 1270 g/mol. The highest BCUT2D eigenvalue weighted by molar-refractivity contribution is 6.15. The van der Waals surface area contributed by atoms with Crippen molar-refractivity contribution in [3.8, 4) is 67.3 Å². The molecule has 0 aliphatic rings. The maximum absolute atomic E-state index is 2.41. The number of hydrogen-bond donors (Lipinski definition) is 0. The largest absolute Gasteiger partial charge is 0.309 e. The number of aromatic nitrogens is 4. The lowest BCUT2D eigenvalue weighted by Crippen LogP contribution is -1.94. The van der Waals surface area contributed by atoms with E-state index in [2.05, 4.69) is 394 Å². The van der Waals surface area contributed by atoms with Crippen molar-refractivity contribution in [1.29, 1.82) is 0 Å². The predicted molar refractivity (Wildman–Crippen MR) is 425 cm³/mol. The number of nitrogens with zero attached hydrogens (tertiary/aromatic N) is 4. The molecule has 4 heteroatoms. The van der Waals surface area contributed by atoms with Crippen LogP contribution in [-0.4, -0.2) is 18.3 Å². The van der Waals surface area contributed by atoms with Crippen LogP contribution in [0.1, 0.15) is 0 Å². The summed E-state index contributed by atoms with van der Waals surface area (Å²) in [5.41, 5.74) is 24.1. The molecule has 0 radical (unpaired) electrons. The van der Waals surface area contributed by atoms with Crippen LogP contribution in [0.3, 0.4) is 0 Å². The molecule has 0 unspecified atom stereocenters. The van der Waals surface area contributed by atoms with Gasteiger partial charge in [-0.05, 0) is 204 Å². The average Bonchev–Trinajstić information content (AvgIpc) is 1.60. The first kappa shape index (κ1) is 57.0. The smallest absolute Gasteiger partial charge is 0.0541 e. The molecule has 0 saturated heterocycles. The Morgan fingerprint density at radius 3 is 0.720 bits per heavy atom. The van der Waals surface area contributed by atoms with E-state index in [1.54, 1.807) is 0 Å². The highest BCUT2D eigenvalue weighted by atomic mass is 15.0. The van der Waals surface area contributed by atoms with Gasteiger partial charge in [0, 0.05) is 65.8 Å². The van der Waals surface area contributed by atoms with Crippen LogP contribution in [0.5, 0.6) is 0 Å². The maximum Gasteiger partial charge on any atom is 0.0541 e. The number of hydrogen-bond acceptors (Lipinski definition) is 0. The monoisotopic (exact) mass is 1270 g/mol. The number of benzene rings is 17. The summed E-state index contributed by atoms with van der Waals surface area (Å²) in [6, 6.07) is 137. The van der Waals surface area contributed by atoms with E-state index < -0.39 is 0 Å². The number of para-hydroxylation sites is 4. The summed E-state index contributed by atoms with van der Waals surface area (Å²) in [6.07, 6.45) is 0. The van der Waals surface area contributed by atoms with E-state index in [0.717, 1.165) is 11.4 Å². The molecule has 17 aromatic carbocycles. The van der Waals surface area contributed by atoms with Crippen LogP contribution in [0.2, 0.25) is 0 Å². The third-order valence-electron chi connectivity index (χ3n) is 20.8. The fraction of sp³-hybridized carbons (Fsp3) is 0. The summed E-state index contributed by atoms with van der Waals surface area (Å²) in [5.74, 6) is 0. The van der Waals surface area contributed by atoms with Gasteiger partial charge in [-0.2, -0.15) is 0 Å². The Labute approximate surface area is 577 Å². The second-order valence-electron chi connectivity index (χ2n) is 26.4. The lowest BCUT2D eigenvalue weighted by Gasteiger charge is -2.11. The molecule has 21 aromatic rings. The Kier molecular flexibility index (Phi) is 13.2. The molecule has 4 aromatic heterocycles. The van der Waals surface area contributed by atoms with Crippen molar-refractivity contribution in [2.75, 3.05) is 0 Å². The summed E-state index contributed by atoms with van der Waals surface area (Å²) in [7, 11) is 0. The van der Waals surface area contributed by atoms with E-state index in [9.17, 15) is 0 Å². The second kappa shape index (κ2) is 23.2. The summed E-state index contributed by atoms with van der Waals surface area (Å²) in [6.45, 7) is 0. The van der Waals surface area contributed by atoms with Gasteiger partial charge in [-0.3, -0.25) is 0 Å². The zero-order valence-corrected chi connectivity index (χ0v) is 54.6. The van der Waals surface area contributed by atoms with Crippen LogP contribution in [0.15, 0.2) is 376 Å². The maximum atomic E-state index is 2.41. The van der Waals surface area contributed by atoms with Crippen molar-refractivity contribution in [3.63, 3.8) is 0 Å². The van der Waals surface area contributed by atoms with Gasteiger partial charge in [-0.15, -0.1) is 0 Å². The van der Waals surface area contributed by atoms with E-state index in [1.165, 1.54) is 175 Å². The molecule has 0 fully saturated rings. The van der Waals surface area contributed by atoms with Gasteiger partial charge >= 0.3 is 0 Å². The highest BCUT2D eigenvalue weighted by Gasteiger charge is 2.20. The molecule has 0 aliphatic heterocycles. The molecule has 0 spiro atoms. The van der Waals surface area contributed by atoms with Crippen molar-refractivity contribution in [3.05, 3.63) is 376 Å². The Bertz CT molecular complexity index is 6820. The Hall–Kier alpha value is -13.3. The van der Waals surface area contributed by atoms with Gasteiger partial charge < -0.3 is 18.3 Å². The topological polar surface area (TPSA) is 19.7 Å². The van der Waals surface area contributed by atoms with E-state index in [1.807, 2.05) is 0 Å². The summed E-state index contributed by atoms with van der Waals surface area (Å²) in [5, 5.41) is 17.6. The first-order valence-corrected chi connectivity index (χ1v) is 34.4. The van der Waals surface area contributed by atoms with Crippen molar-refractivity contribution < 1.29 is 0 Å². The zero-order chi connectivity index (χ0) is 65.8. The predicted octanol–water partition coefficient (Wildman–Crippen LogP) is 25.9. The highest BCUT2D eigenvalue weighted by Crippen LogP contribution is 2.42. The summed E-state index contributed by atoms with van der Waals surface area (Å²) in [4.78, 5) is 0. The fourth-order valence-electron chi connectivity index (χ4n) is 16.0. The van der Waals surface area contributed by atoms with Crippen molar-refractivity contribution in [2.45, 2.75) is 0 Å². The third kappa shape index (κ3) is 9.45. The van der Waals surface area contributed by atoms with Gasteiger partial charge in [-0.1, -0.05) is 249 Å². The minimum Gasteiger partial charge on any atom is -0.309 e. The lowest BCUT2D eigenvalue weighted by molar-refractivity contribution is 1.18. The molecule has 0 atom stereocenters. The van der Waals surface area contributed by atoms with Crippen LogP contribution in [0.25, 0.3) is 187 Å². The molecular formula is C96H62N4. The quantitative estimate of drug-likeness (QED) is 0.144. The molecule has 4 nitrogen and oxygen atoms in total. The minimum atomic E-state index is 1.16. The van der Waals surface area contributed by atoms with Crippen molar-refractivity contribution in [1.82, 2.24) is 18.3 Å². The van der Waals surface area contributed by atoms with Crippen LogP contribution in [0, 0.1) is 0 Å². The van der Waals surface area contributed by atoms with Gasteiger partial charge in [0.1, 0.15) is 0 Å². The van der Waals surface area contributed by atoms with Crippen LogP contribution in [-0.2, 0) is 0 Å². The molecule has 0 bridgehead atoms. The van der Waals surface area contributed by atoms with Gasteiger partial charge in [0.25, 0.3) is 0 Å². The SMILES string of the molecule is c1ccc(-c2ccc(-n3c4ccccc4c4cc(-c5ccc6c(c5)c5ccccc5n6-c5ccc6ccccc6c5)ccc43)cc2)cc1.c1ccc2cc(-c3ccc(-n4c5ccccc5c5cc(-c6ccc7c(c6)c6ccccc6n7-c6ccc7ccccc7c6)ccc54)cc3)ccc2c1. The van der Waals surface area contributed by atoms with Crippen LogP contribution in [0.4, 0.5) is 0 Å². The van der Waals surface area contributed by atoms with E-state index in [0.29, 0.717) is 0 Å². The molecule has 466 valence electrons. The summed E-state index contributed by atoms with van der Waals surface area (Å²) >= 11 is 0. The molecular weight excluding hydrogens is 1210 g/mol. The standard InChI is InChI=1S/C50H32N2.C46H30N2/c1-3-11-36-29-38(18-17-33(36)9-1)35-19-24-41(25-20-35)51-47-15-7-5-13-43(47)45-31-39(22-27-49(45)51)40-23-28-50-46(32-40)44-14-6-8-16-48(44)52(50)42-26-21-34-10-2-4-12-37(34)30-42;1-2-10-31(11-3-1)33-18-23-37(24-19-33)47-43-16-8-6-14-39(43)41-29-35(21-26-45(41)47)36-22-27-46-42(30-36)40-15-7-9-17-44(40)48(46)38-25-20-32-12-4-5-13-34(32)28-38/h1-32H;1-30H. The van der Waals surface area contributed by atoms with E-state index in [-0.39, 0.29) is 0 Å². The first-order chi connectivity index (χ1) is 49.6. The van der Waals surface area contributed by atoms with E-state index >= 15 is 0 Å². The van der Waals surface area contributed by atoms with Crippen LogP contribution >= 0.6 is 0 Å². The van der Waals surface area contributed by atoms with Gasteiger partial charge in [-0.25, -0.2) is 0 Å². The number of rotatable bonds is 8. The molecule has 21 rings (SSSR count). The lowest BCUT2D eigenvalue weighted by atomic mass is 10.0. The Morgan fingerprint density at radius 1 is 0.120 bits per heavy atom. The molecule has 0 amide bonds. The Morgan fingerprint density at radius 2 is 0.350 bits per heavy atom. The van der Waals surface area contributed by atoms with Gasteiger partial charge in [0.05, 0.1) is 44.1 Å². The summed E-state index contributed by atoms with van der Waals surface area (Å²) < 4.78 is 9.60. The minimum absolute atomic E-state index is 1.16. The van der Waals surface area contributed by atoms with Crippen molar-refractivity contribution >= 4 is 120 Å². The van der Waals surface area contributed by atoms with Crippen LogP contribution < -0.4 is 0 Å². The molecule has 0 N–H and O–H groups in total. The third-order valence-corrected chi connectivity index (χ3v) is 20.8. The van der Waals surface area contributed by atoms with Crippen molar-refractivity contribution in [2.24, 2.45) is 0 Å². The second-order valence-corrected chi connectivity index (χ2v) is 26.4.